The number of fused-ring (bicyclic) bond motifs is 4. The zero-order valence-electron chi connectivity index (χ0n) is 10.3. The topological polar surface area (TPSA) is 21.6 Å². The molecule has 2 nitrogen and oxygen atoms in total. The van der Waals surface area contributed by atoms with E-state index in [9.17, 15) is 0 Å². The van der Waals surface area contributed by atoms with Gasteiger partial charge in [-0.25, -0.2) is 4.99 Å². The Hall–Kier alpha value is -2.61. The fourth-order valence-corrected chi connectivity index (χ4v) is 2.40. The van der Waals surface area contributed by atoms with Gasteiger partial charge in [0.1, 0.15) is 11.0 Å². The van der Waals surface area contributed by atoms with Crippen LogP contribution in [0.2, 0.25) is 0 Å². The third-order valence-electron chi connectivity index (χ3n) is 3.34. The van der Waals surface area contributed by atoms with Crippen molar-refractivity contribution in [3.63, 3.8) is 0 Å². The quantitative estimate of drug-likeness (QED) is 0.466. The van der Waals surface area contributed by atoms with Gasteiger partial charge in [-0.1, -0.05) is 43.0 Å². The van der Waals surface area contributed by atoms with Crippen LogP contribution in [-0.4, -0.2) is 0 Å². The lowest BCUT2D eigenvalue weighted by Crippen LogP contribution is -2.13. The highest BCUT2D eigenvalue weighted by atomic mass is 16.5. The largest absolute Gasteiger partial charge is 0.453 e. The van der Waals surface area contributed by atoms with Gasteiger partial charge in [0.15, 0.2) is 11.5 Å². The smallest absolute Gasteiger partial charge is 0.153 e. The van der Waals surface area contributed by atoms with Gasteiger partial charge in [0.2, 0.25) is 0 Å². The van der Waals surface area contributed by atoms with Crippen LogP contribution in [0.15, 0.2) is 59.6 Å². The number of ether oxygens (including phenoxy) is 1. The molecule has 1 aliphatic rings. The molecule has 0 fully saturated rings. The van der Waals surface area contributed by atoms with E-state index in [0.717, 1.165) is 33.1 Å². The summed E-state index contributed by atoms with van der Waals surface area (Å²) in [5.41, 5.74) is 0.905. The van der Waals surface area contributed by atoms with E-state index in [4.69, 9.17) is 9.73 Å². The van der Waals surface area contributed by atoms with E-state index >= 15 is 0 Å². The molecule has 3 aromatic carbocycles. The first-order valence-corrected chi connectivity index (χ1v) is 6.19. The highest BCUT2D eigenvalue weighted by molar-refractivity contribution is 5.95. The van der Waals surface area contributed by atoms with Crippen molar-refractivity contribution in [1.29, 1.82) is 0 Å². The Morgan fingerprint density at radius 2 is 1.79 bits per heavy atom. The van der Waals surface area contributed by atoms with E-state index < -0.39 is 0 Å². The predicted octanol–water partition coefficient (Wildman–Crippen LogP) is 3.31. The zero-order valence-corrected chi connectivity index (χ0v) is 10.3. The van der Waals surface area contributed by atoms with Crippen molar-refractivity contribution in [2.24, 2.45) is 4.99 Å². The molecule has 3 aromatic rings. The number of nitrogens with zero attached hydrogens (tertiary/aromatic N) is 1. The fraction of sp³-hybridized carbons (Fsp3) is 0. The van der Waals surface area contributed by atoms with Crippen LogP contribution in [0.5, 0.6) is 11.5 Å². The molecule has 0 atom stereocenters. The van der Waals surface area contributed by atoms with Gasteiger partial charge in [-0.2, -0.15) is 0 Å². The molecule has 0 saturated carbocycles. The molecule has 1 heterocycles. The van der Waals surface area contributed by atoms with Crippen molar-refractivity contribution in [1.82, 2.24) is 0 Å². The average Bonchev–Trinajstić information content (AvgIpc) is 2.45. The van der Waals surface area contributed by atoms with Crippen molar-refractivity contribution in [2.75, 3.05) is 0 Å². The zero-order chi connectivity index (χ0) is 12.8. The fourth-order valence-electron chi connectivity index (χ4n) is 2.40. The second kappa shape index (κ2) is 3.69. The van der Waals surface area contributed by atoms with Crippen molar-refractivity contribution in [2.45, 2.75) is 0 Å². The van der Waals surface area contributed by atoms with Crippen LogP contribution in [0.3, 0.4) is 0 Å². The Bertz CT molecular complexity index is 912. The van der Waals surface area contributed by atoms with Gasteiger partial charge in [0.05, 0.1) is 0 Å². The second-order valence-electron chi connectivity index (χ2n) is 4.65. The molecule has 0 unspecified atom stereocenters. The van der Waals surface area contributed by atoms with Crippen LogP contribution in [0.4, 0.5) is 5.69 Å². The summed E-state index contributed by atoms with van der Waals surface area (Å²) in [6, 6.07) is 18.0. The highest BCUT2D eigenvalue weighted by Gasteiger charge is 2.14. The van der Waals surface area contributed by atoms with Crippen LogP contribution in [-0.2, 0) is 0 Å². The van der Waals surface area contributed by atoms with E-state index in [0.29, 0.717) is 0 Å². The third kappa shape index (κ3) is 1.54. The predicted molar refractivity (Wildman–Crippen MR) is 76.4 cm³/mol. The minimum Gasteiger partial charge on any atom is -0.453 e. The standard InChI is InChI=1S/C17H11NO/c1-11-6-8-14-16(10-11)19-15-9-7-12-4-2-3-5-13(12)17(15)18-14/h2-10H,1H2. The van der Waals surface area contributed by atoms with E-state index in [2.05, 4.69) is 24.8 Å². The van der Waals surface area contributed by atoms with E-state index in [1.807, 2.05) is 36.4 Å². The Labute approximate surface area is 110 Å². The summed E-state index contributed by atoms with van der Waals surface area (Å²) < 4.78 is 5.93. The molecule has 0 spiro atoms. The Kier molecular flexibility index (Phi) is 2.00. The van der Waals surface area contributed by atoms with Crippen LogP contribution in [0.25, 0.3) is 17.4 Å². The molecule has 4 rings (SSSR count). The number of rotatable bonds is 0. The molecule has 0 bridgehead atoms. The second-order valence-corrected chi connectivity index (χ2v) is 4.65. The maximum atomic E-state index is 5.93. The summed E-state index contributed by atoms with van der Waals surface area (Å²) >= 11 is 0. The minimum atomic E-state index is 0.773. The van der Waals surface area contributed by atoms with Gasteiger partial charge in [0.25, 0.3) is 0 Å². The first-order valence-electron chi connectivity index (χ1n) is 6.19. The molecule has 0 aromatic heterocycles. The SMILES string of the molecule is C=c1ccc2c(c1)Oc1ccc3ccccc3c1N=2. The van der Waals surface area contributed by atoms with E-state index in [1.54, 1.807) is 0 Å². The molecule has 90 valence electrons. The third-order valence-corrected chi connectivity index (χ3v) is 3.34. The van der Waals surface area contributed by atoms with Gasteiger partial charge in [-0.15, -0.1) is 0 Å². The molecule has 0 aliphatic carbocycles. The monoisotopic (exact) mass is 245 g/mol. The molecular formula is C17H11NO. The molecular weight excluding hydrogens is 234 g/mol. The summed E-state index contributed by atoms with van der Waals surface area (Å²) in [6.07, 6.45) is 0. The van der Waals surface area contributed by atoms with E-state index in [1.165, 1.54) is 5.39 Å². The normalized spacial score (nSPS) is 12.2. The summed E-state index contributed by atoms with van der Waals surface area (Å²) in [4.78, 5) is 4.73. The molecule has 0 N–H and O–H groups in total. The maximum Gasteiger partial charge on any atom is 0.153 e. The number of hydrogen-bond acceptors (Lipinski definition) is 2. The van der Waals surface area contributed by atoms with Gasteiger partial charge in [-0.05, 0) is 28.8 Å². The highest BCUT2D eigenvalue weighted by Crippen LogP contribution is 2.39. The summed E-state index contributed by atoms with van der Waals surface area (Å²) in [5, 5.41) is 4.07. The molecule has 2 heteroatoms. The van der Waals surface area contributed by atoms with Crippen molar-refractivity contribution in [3.05, 3.63) is 65.2 Å². The summed E-state index contributed by atoms with van der Waals surface area (Å²) in [7, 11) is 0. The first-order chi connectivity index (χ1) is 9.31. The van der Waals surface area contributed by atoms with Crippen LogP contribution < -0.4 is 15.3 Å². The molecule has 0 saturated heterocycles. The number of benzene rings is 3. The maximum absolute atomic E-state index is 5.93. The van der Waals surface area contributed by atoms with Gasteiger partial charge < -0.3 is 4.74 Å². The molecule has 19 heavy (non-hydrogen) atoms. The number of hydrogen-bond donors (Lipinski definition) is 0. The molecule has 1 aliphatic heterocycles. The Morgan fingerprint density at radius 3 is 2.74 bits per heavy atom. The minimum absolute atomic E-state index is 0.773. The van der Waals surface area contributed by atoms with Crippen LogP contribution >= 0.6 is 0 Å². The van der Waals surface area contributed by atoms with Gasteiger partial charge in [-0.3, -0.25) is 0 Å². The lowest BCUT2D eigenvalue weighted by molar-refractivity contribution is 0.470. The average molecular weight is 245 g/mol. The van der Waals surface area contributed by atoms with Crippen molar-refractivity contribution in [3.8, 4) is 11.5 Å². The Balaban J connectivity index is 2.12. The first kappa shape index (κ1) is 10.3. The van der Waals surface area contributed by atoms with E-state index in [-0.39, 0.29) is 0 Å². The van der Waals surface area contributed by atoms with Gasteiger partial charge in [0, 0.05) is 5.39 Å². The summed E-state index contributed by atoms with van der Waals surface area (Å²) in [5.74, 6) is 1.58. The van der Waals surface area contributed by atoms with Crippen molar-refractivity contribution >= 4 is 23.0 Å². The van der Waals surface area contributed by atoms with Crippen LogP contribution in [0.1, 0.15) is 0 Å². The van der Waals surface area contributed by atoms with Gasteiger partial charge >= 0.3 is 0 Å². The molecule has 0 amide bonds. The van der Waals surface area contributed by atoms with Crippen molar-refractivity contribution < 1.29 is 4.74 Å². The lowest BCUT2D eigenvalue weighted by atomic mass is 10.1. The lowest BCUT2D eigenvalue weighted by Gasteiger charge is -2.15. The van der Waals surface area contributed by atoms with Crippen LogP contribution in [0, 0.1) is 0 Å². The Morgan fingerprint density at radius 1 is 0.895 bits per heavy atom. The summed E-state index contributed by atoms with van der Waals surface area (Å²) in [6.45, 7) is 3.91. The molecule has 0 radical (unpaired) electrons.